The summed E-state index contributed by atoms with van der Waals surface area (Å²) in [6.07, 6.45) is 1.63. The molecule has 100 valence electrons. The van der Waals surface area contributed by atoms with E-state index in [9.17, 15) is 5.11 Å². The Bertz CT molecular complexity index is 492. The van der Waals surface area contributed by atoms with Crippen molar-refractivity contribution >= 4 is 0 Å². The van der Waals surface area contributed by atoms with Crippen LogP contribution >= 0.6 is 0 Å². The molecule has 0 saturated carbocycles. The summed E-state index contributed by atoms with van der Waals surface area (Å²) in [5.41, 5.74) is 1.42. The summed E-state index contributed by atoms with van der Waals surface area (Å²) in [6, 6.07) is 20.3. The van der Waals surface area contributed by atoms with Gasteiger partial charge >= 0.3 is 0 Å². The maximum absolute atomic E-state index is 11.2. The Hall–Kier alpha value is -1.60. The fourth-order valence-corrected chi connectivity index (χ4v) is 2.91. The van der Waals surface area contributed by atoms with E-state index in [1.165, 1.54) is 5.56 Å². The first-order valence-electron chi connectivity index (χ1n) is 7.05. The molecule has 0 bridgehead atoms. The highest BCUT2D eigenvalue weighted by Crippen LogP contribution is 2.41. The summed E-state index contributed by atoms with van der Waals surface area (Å²) < 4.78 is 0. The van der Waals surface area contributed by atoms with Crippen LogP contribution in [0, 0.1) is 0 Å². The van der Waals surface area contributed by atoms with Gasteiger partial charge in [-0.2, -0.15) is 0 Å². The van der Waals surface area contributed by atoms with Crippen LogP contribution in [-0.2, 0) is 5.60 Å². The maximum atomic E-state index is 11.2. The second-order valence-electron chi connectivity index (χ2n) is 5.02. The normalized spacial score (nSPS) is 15.7. The van der Waals surface area contributed by atoms with Gasteiger partial charge in [0, 0.05) is 5.92 Å². The SMILES string of the molecule is CC[C@H](c1ccccc1)[C@@](O)(CC)c1ccccc1. The number of benzene rings is 2. The predicted octanol–water partition coefficient (Wildman–Crippen LogP) is 4.48. The summed E-state index contributed by atoms with van der Waals surface area (Å²) in [6.45, 7) is 4.19. The zero-order valence-electron chi connectivity index (χ0n) is 11.7. The van der Waals surface area contributed by atoms with Gasteiger partial charge in [-0.05, 0) is 24.0 Å². The van der Waals surface area contributed by atoms with Crippen molar-refractivity contribution in [2.45, 2.75) is 38.2 Å². The molecule has 2 aromatic carbocycles. The first kappa shape index (κ1) is 13.8. The van der Waals surface area contributed by atoms with Crippen LogP contribution in [0.1, 0.15) is 43.7 Å². The molecular formula is C18H22O. The largest absolute Gasteiger partial charge is 0.385 e. The van der Waals surface area contributed by atoms with Crippen LogP contribution in [0.15, 0.2) is 60.7 Å². The summed E-state index contributed by atoms with van der Waals surface area (Å²) in [7, 11) is 0. The minimum Gasteiger partial charge on any atom is -0.385 e. The van der Waals surface area contributed by atoms with Gasteiger partial charge in [-0.3, -0.25) is 0 Å². The Morgan fingerprint density at radius 2 is 1.42 bits per heavy atom. The minimum atomic E-state index is -0.794. The lowest BCUT2D eigenvalue weighted by Gasteiger charge is -2.36. The summed E-state index contributed by atoms with van der Waals surface area (Å²) >= 11 is 0. The third-order valence-electron chi connectivity index (χ3n) is 4.00. The highest BCUT2D eigenvalue weighted by molar-refractivity contribution is 5.31. The Morgan fingerprint density at radius 3 is 1.89 bits per heavy atom. The van der Waals surface area contributed by atoms with E-state index < -0.39 is 5.60 Å². The topological polar surface area (TPSA) is 20.2 Å². The van der Waals surface area contributed by atoms with E-state index in [1.54, 1.807) is 0 Å². The summed E-state index contributed by atoms with van der Waals surface area (Å²) in [5, 5.41) is 11.2. The molecular weight excluding hydrogens is 232 g/mol. The first-order valence-corrected chi connectivity index (χ1v) is 7.05. The molecule has 0 aromatic heterocycles. The maximum Gasteiger partial charge on any atom is 0.0962 e. The molecule has 0 unspecified atom stereocenters. The van der Waals surface area contributed by atoms with Crippen molar-refractivity contribution in [1.29, 1.82) is 0 Å². The van der Waals surface area contributed by atoms with Crippen LogP contribution in [0.25, 0.3) is 0 Å². The molecule has 0 spiro atoms. The van der Waals surface area contributed by atoms with Crippen LogP contribution < -0.4 is 0 Å². The number of hydrogen-bond acceptors (Lipinski definition) is 1. The van der Waals surface area contributed by atoms with Gasteiger partial charge in [0.1, 0.15) is 0 Å². The molecule has 0 aliphatic rings. The van der Waals surface area contributed by atoms with Gasteiger partial charge in [0.05, 0.1) is 5.60 Å². The zero-order chi connectivity index (χ0) is 13.7. The van der Waals surface area contributed by atoms with Crippen molar-refractivity contribution < 1.29 is 5.11 Å². The van der Waals surface area contributed by atoms with E-state index in [-0.39, 0.29) is 5.92 Å². The lowest BCUT2D eigenvalue weighted by molar-refractivity contribution is 0.00148. The van der Waals surface area contributed by atoms with Crippen LogP contribution in [0.4, 0.5) is 0 Å². The molecule has 0 fully saturated rings. The quantitative estimate of drug-likeness (QED) is 0.834. The molecule has 19 heavy (non-hydrogen) atoms. The van der Waals surface area contributed by atoms with Crippen LogP contribution in [0.3, 0.4) is 0 Å². The first-order chi connectivity index (χ1) is 9.22. The average Bonchev–Trinajstić information content (AvgIpc) is 2.49. The third kappa shape index (κ3) is 2.71. The molecule has 1 nitrogen and oxygen atoms in total. The monoisotopic (exact) mass is 254 g/mol. The molecule has 0 aliphatic heterocycles. The lowest BCUT2D eigenvalue weighted by Crippen LogP contribution is -2.32. The Balaban J connectivity index is 2.44. The van der Waals surface area contributed by atoms with Crippen molar-refractivity contribution in [2.75, 3.05) is 0 Å². The Labute approximate surface area is 115 Å². The highest BCUT2D eigenvalue weighted by Gasteiger charge is 2.36. The van der Waals surface area contributed by atoms with E-state index in [2.05, 4.69) is 26.0 Å². The van der Waals surface area contributed by atoms with Crippen molar-refractivity contribution in [2.24, 2.45) is 0 Å². The van der Waals surface area contributed by atoms with Gasteiger partial charge in [-0.1, -0.05) is 74.5 Å². The molecule has 2 aromatic rings. The van der Waals surface area contributed by atoms with Crippen LogP contribution in [-0.4, -0.2) is 5.11 Å². The number of aliphatic hydroxyl groups is 1. The van der Waals surface area contributed by atoms with Crippen molar-refractivity contribution in [3.8, 4) is 0 Å². The molecule has 0 aliphatic carbocycles. The van der Waals surface area contributed by atoms with Gasteiger partial charge in [0.25, 0.3) is 0 Å². The molecule has 0 amide bonds. The van der Waals surface area contributed by atoms with Gasteiger partial charge in [-0.25, -0.2) is 0 Å². The summed E-state index contributed by atoms with van der Waals surface area (Å²) in [4.78, 5) is 0. The standard InChI is InChI=1S/C18H22O/c1-3-17(15-11-7-5-8-12-15)18(19,4-2)16-13-9-6-10-14-16/h5-14,17,19H,3-4H2,1-2H3/t17-,18-/m1/s1. The van der Waals surface area contributed by atoms with Crippen molar-refractivity contribution in [1.82, 2.24) is 0 Å². The zero-order valence-corrected chi connectivity index (χ0v) is 11.7. The van der Waals surface area contributed by atoms with Gasteiger partial charge < -0.3 is 5.11 Å². The fraction of sp³-hybridized carbons (Fsp3) is 0.333. The van der Waals surface area contributed by atoms with Crippen LogP contribution in [0.5, 0.6) is 0 Å². The molecule has 1 heteroatoms. The molecule has 2 atom stereocenters. The van der Waals surface area contributed by atoms with E-state index >= 15 is 0 Å². The predicted molar refractivity (Wildman–Crippen MR) is 80.1 cm³/mol. The lowest BCUT2D eigenvalue weighted by atomic mass is 9.74. The molecule has 2 rings (SSSR count). The molecule has 1 N–H and O–H groups in total. The number of hydrogen-bond donors (Lipinski definition) is 1. The Morgan fingerprint density at radius 1 is 0.895 bits per heavy atom. The second kappa shape index (κ2) is 6.03. The highest BCUT2D eigenvalue weighted by atomic mass is 16.3. The second-order valence-corrected chi connectivity index (χ2v) is 5.02. The van der Waals surface area contributed by atoms with Crippen LogP contribution in [0.2, 0.25) is 0 Å². The van der Waals surface area contributed by atoms with Gasteiger partial charge in [0.2, 0.25) is 0 Å². The smallest absolute Gasteiger partial charge is 0.0962 e. The average molecular weight is 254 g/mol. The van der Waals surface area contributed by atoms with Gasteiger partial charge in [0.15, 0.2) is 0 Å². The van der Waals surface area contributed by atoms with Crippen molar-refractivity contribution in [3.05, 3.63) is 71.8 Å². The molecule has 0 radical (unpaired) electrons. The van der Waals surface area contributed by atoms with Crippen molar-refractivity contribution in [3.63, 3.8) is 0 Å². The van der Waals surface area contributed by atoms with E-state index in [0.29, 0.717) is 6.42 Å². The molecule has 0 heterocycles. The Kier molecular flexibility index (Phi) is 4.39. The van der Waals surface area contributed by atoms with E-state index in [1.807, 2.05) is 48.5 Å². The third-order valence-corrected chi connectivity index (χ3v) is 4.00. The van der Waals surface area contributed by atoms with E-state index in [0.717, 1.165) is 12.0 Å². The van der Waals surface area contributed by atoms with E-state index in [4.69, 9.17) is 0 Å². The molecule has 0 saturated heterocycles. The number of rotatable bonds is 5. The summed E-state index contributed by atoms with van der Waals surface area (Å²) in [5.74, 6) is 0.126. The minimum absolute atomic E-state index is 0.126. The van der Waals surface area contributed by atoms with Gasteiger partial charge in [-0.15, -0.1) is 0 Å². The fourth-order valence-electron chi connectivity index (χ4n) is 2.91.